The van der Waals surface area contributed by atoms with Crippen molar-refractivity contribution < 1.29 is 9.53 Å². The molecule has 0 fully saturated rings. The first-order valence-corrected chi connectivity index (χ1v) is 5.04. The monoisotopic (exact) mass is 215 g/mol. The third kappa shape index (κ3) is 1.90. The summed E-state index contributed by atoms with van der Waals surface area (Å²) in [6.45, 7) is 0. The number of carbonyl (C=O) groups is 1. The Morgan fingerprint density at radius 1 is 1.19 bits per heavy atom. The second kappa shape index (κ2) is 4.33. The van der Waals surface area contributed by atoms with E-state index in [1.165, 1.54) is 7.11 Å². The number of hydrogen-bond acceptors (Lipinski definition) is 3. The van der Waals surface area contributed by atoms with E-state index >= 15 is 0 Å². The number of methoxy groups -OCH3 is 1. The van der Waals surface area contributed by atoms with Crippen molar-refractivity contribution >= 4 is 16.7 Å². The molecule has 0 aliphatic rings. The van der Waals surface area contributed by atoms with Gasteiger partial charge in [0.15, 0.2) is 0 Å². The first-order valence-electron chi connectivity index (χ1n) is 5.04. The highest BCUT2D eigenvalue weighted by Crippen LogP contribution is 2.19. The van der Waals surface area contributed by atoms with Gasteiger partial charge in [0.1, 0.15) is 6.04 Å². The van der Waals surface area contributed by atoms with Crippen molar-refractivity contribution in [3.63, 3.8) is 0 Å². The fourth-order valence-electron chi connectivity index (χ4n) is 1.66. The molecule has 0 saturated heterocycles. The molecule has 1 atom stereocenters. The molecule has 0 amide bonds. The SMILES string of the molecule is COC(=O)[C@@H](N)c1ccc2ccccc2c1. The van der Waals surface area contributed by atoms with Crippen molar-refractivity contribution in [3.8, 4) is 0 Å². The third-order valence-electron chi connectivity index (χ3n) is 2.59. The van der Waals surface area contributed by atoms with E-state index in [1.54, 1.807) is 0 Å². The summed E-state index contributed by atoms with van der Waals surface area (Å²) >= 11 is 0. The molecule has 0 saturated carbocycles. The molecule has 0 heterocycles. The van der Waals surface area contributed by atoms with E-state index in [0.717, 1.165) is 16.3 Å². The van der Waals surface area contributed by atoms with E-state index < -0.39 is 12.0 Å². The Bertz CT molecular complexity index is 522. The molecule has 82 valence electrons. The number of benzene rings is 2. The quantitative estimate of drug-likeness (QED) is 0.780. The van der Waals surface area contributed by atoms with Crippen LogP contribution in [0.15, 0.2) is 42.5 Å². The number of nitrogens with two attached hydrogens (primary N) is 1. The minimum Gasteiger partial charge on any atom is -0.468 e. The Morgan fingerprint density at radius 3 is 2.56 bits per heavy atom. The summed E-state index contributed by atoms with van der Waals surface area (Å²) in [5.41, 5.74) is 6.53. The van der Waals surface area contributed by atoms with Gasteiger partial charge in [0.05, 0.1) is 7.11 Å². The van der Waals surface area contributed by atoms with Crippen LogP contribution < -0.4 is 5.73 Å². The fourth-order valence-corrected chi connectivity index (χ4v) is 1.66. The minimum absolute atomic E-state index is 0.421. The van der Waals surface area contributed by atoms with E-state index in [-0.39, 0.29) is 0 Å². The lowest BCUT2D eigenvalue weighted by Gasteiger charge is -2.10. The Balaban J connectivity index is 2.43. The maximum Gasteiger partial charge on any atom is 0.327 e. The smallest absolute Gasteiger partial charge is 0.327 e. The lowest BCUT2D eigenvalue weighted by molar-refractivity contribution is -0.142. The third-order valence-corrected chi connectivity index (χ3v) is 2.59. The summed E-state index contributed by atoms with van der Waals surface area (Å²) in [5, 5.41) is 2.20. The number of carbonyl (C=O) groups excluding carboxylic acids is 1. The topological polar surface area (TPSA) is 52.3 Å². The molecular weight excluding hydrogens is 202 g/mol. The summed E-state index contributed by atoms with van der Waals surface area (Å²) in [4.78, 5) is 11.3. The number of fused-ring (bicyclic) bond motifs is 1. The van der Waals surface area contributed by atoms with Crippen LogP contribution in [0, 0.1) is 0 Å². The molecule has 0 spiro atoms. The highest BCUT2D eigenvalue weighted by molar-refractivity contribution is 5.85. The van der Waals surface area contributed by atoms with Gasteiger partial charge in [-0.15, -0.1) is 0 Å². The Labute approximate surface area is 93.8 Å². The summed E-state index contributed by atoms with van der Waals surface area (Å²) < 4.78 is 4.61. The Kier molecular flexibility index (Phi) is 2.88. The zero-order chi connectivity index (χ0) is 11.5. The van der Waals surface area contributed by atoms with Crippen molar-refractivity contribution in [2.24, 2.45) is 5.73 Å². The standard InChI is InChI=1S/C13H13NO2/c1-16-13(15)12(14)11-7-6-9-4-2-3-5-10(9)8-11/h2-8,12H,14H2,1H3/t12-/m0/s1. The molecule has 0 aromatic heterocycles. The minimum atomic E-state index is -0.713. The van der Waals surface area contributed by atoms with Crippen molar-refractivity contribution in [1.29, 1.82) is 0 Å². The average molecular weight is 215 g/mol. The molecule has 0 bridgehead atoms. The molecule has 2 aromatic carbocycles. The largest absolute Gasteiger partial charge is 0.468 e. The summed E-state index contributed by atoms with van der Waals surface area (Å²) in [6.07, 6.45) is 0. The average Bonchev–Trinajstić information content (AvgIpc) is 2.36. The van der Waals surface area contributed by atoms with Crippen LogP contribution in [0.4, 0.5) is 0 Å². The van der Waals surface area contributed by atoms with Gasteiger partial charge < -0.3 is 10.5 Å². The molecular formula is C13H13NO2. The summed E-state index contributed by atoms with van der Waals surface area (Å²) in [5.74, 6) is -0.421. The number of ether oxygens (including phenoxy) is 1. The van der Waals surface area contributed by atoms with Gasteiger partial charge >= 0.3 is 5.97 Å². The van der Waals surface area contributed by atoms with Gasteiger partial charge in [-0.3, -0.25) is 4.79 Å². The molecule has 3 heteroatoms. The first-order chi connectivity index (χ1) is 7.72. The lowest BCUT2D eigenvalue weighted by Crippen LogP contribution is -2.22. The number of rotatable bonds is 2. The molecule has 0 radical (unpaired) electrons. The van der Waals surface area contributed by atoms with Crippen molar-refractivity contribution in [3.05, 3.63) is 48.0 Å². The maximum absolute atomic E-state index is 11.3. The molecule has 16 heavy (non-hydrogen) atoms. The fraction of sp³-hybridized carbons (Fsp3) is 0.154. The lowest BCUT2D eigenvalue weighted by atomic mass is 10.0. The second-order valence-corrected chi connectivity index (χ2v) is 3.61. The second-order valence-electron chi connectivity index (χ2n) is 3.61. The van der Waals surface area contributed by atoms with Crippen LogP contribution in [-0.4, -0.2) is 13.1 Å². The van der Waals surface area contributed by atoms with Gasteiger partial charge in [-0.2, -0.15) is 0 Å². The molecule has 3 nitrogen and oxygen atoms in total. The molecule has 2 aromatic rings. The summed E-state index contributed by atoms with van der Waals surface area (Å²) in [6, 6.07) is 12.9. The van der Waals surface area contributed by atoms with Crippen molar-refractivity contribution in [1.82, 2.24) is 0 Å². The summed E-state index contributed by atoms with van der Waals surface area (Å²) in [7, 11) is 1.34. The highest BCUT2D eigenvalue weighted by Gasteiger charge is 2.15. The van der Waals surface area contributed by atoms with Crippen LogP contribution >= 0.6 is 0 Å². The van der Waals surface area contributed by atoms with Crippen LogP contribution in [0.2, 0.25) is 0 Å². The van der Waals surface area contributed by atoms with Crippen LogP contribution in [0.25, 0.3) is 10.8 Å². The predicted octanol–water partition coefficient (Wildman–Crippen LogP) is 2.01. The van der Waals surface area contributed by atoms with Crippen molar-refractivity contribution in [2.45, 2.75) is 6.04 Å². The Hall–Kier alpha value is -1.87. The first kappa shape index (κ1) is 10.6. The van der Waals surface area contributed by atoms with Crippen LogP contribution in [0.3, 0.4) is 0 Å². The van der Waals surface area contributed by atoms with Gasteiger partial charge in [-0.05, 0) is 22.4 Å². The van der Waals surface area contributed by atoms with Gasteiger partial charge in [-0.25, -0.2) is 0 Å². The van der Waals surface area contributed by atoms with E-state index in [9.17, 15) is 4.79 Å². The van der Waals surface area contributed by atoms with Crippen LogP contribution in [0.5, 0.6) is 0 Å². The van der Waals surface area contributed by atoms with E-state index in [0.29, 0.717) is 0 Å². The van der Waals surface area contributed by atoms with Crippen LogP contribution in [0.1, 0.15) is 11.6 Å². The van der Waals surface area contributed by atoms with E-state index in [1.807, 2.05) is 42.5 Å². The zero-order valence-corrected chi connectivity index (χ0v) is 9.01. The normalized spacial score (nSPS) is 12.4. The molecule has 0 aliphatic heterocycles. The molecule has 0 aliphatic carbocycles. The van der Waals surface area contributed by atoms with Crippen LogP contribution in [-0.2, 0) is 9.53 Å². The molecule has 2 N–H and O–H groups in total. The number of hydrogen-bond donors (Lipinski definition) is 1. The molecule has 2 rings (SSSR count). The zero-order valence-electron chi connectivity index (χ0n) is 9.01. The van der Waals surface area contributed by atoms with E-state index in [2.05, 4.69) is 4.74 Å². The van der Waals surface area contributed by atoms with E-state index in [4.69, 9.17) is 5.73 Å². The van der Waals surface area contributed by atoms with Gasteiger partial charge in [0, 0.05) is 0 Å². The highest BCUT2D eigenvalue weighted by atomic mass is 16.5. The van der Waals surface area contributed by atoms with Crippen molar-refractivity contribution in [2.75, 3.05) is 7.11 Å². The van der Waals surface area contributed by atoms with Gasteiger partial charge in [0.2, 0.25) is 0 Å². The molecule has 0 unspecified atom stereocenters. The Morgan fingerprint density at radius 2 is 1.88 bits per heavy atom. The van der Waals surface area contributed by atoms with Gasteiger partial charge in [0.25, 0.3) is 0 Å². The maximum atomic E-state index is 11.3. The number of esters is 1. The van der Waals surface area contributed by atoms with Gasteiger partial charge in [-0.1, -0.05) is 36.4 Å². The predicted molar refractivity (Wildman–Crippen MR) is 62.9 cm³/mol.